The van der Waals surface area contributed by atoms with Crippen LogP contribution in [-0.4, -0.2) is 18.8 Å². The van der Waals surface area contributed by atoms with Crippen LogP contribution >= 0.6 is 0 Å². The average Bonchev–Trinajstić information content (AvgIpc) is 2.41. The number of hydrogen-bond donors (Lipinski definition) is 1. The first-order chi connectivity index (χ1) is 9.41. The van der Waals surface area contributed by atoms with Crippen molar-refractivity contribution in [1.29, 1.82) is 0 Å². The van der Waals surface area contributed by atoms with Crippen LogP contribution in [0.3, 0.4) is 0 Å². The monoisotopic (exact) mass is 285 g/mol. The van der Waals surface area contributed by atoms with Gasteiger partial charge in [-0.2, -0.15) is 0 Å². The van der Waals surface area contributed by atoms with E-state index in [4.69, 9.17) is 4.74 Å². The Kier molecular flexibility index (Phi) is 3.20. The molecule has 2 fully saturated rings. The van der Waals surface area contributed by atoms with Crippen LogP contribution in [0.15, 0.2) is 12.1 Å². The fraction of sp³-hybridized carbons (Fsp3) is 0.600. The summed E-state index contributed by atoms with van der Waals surface area (Å²) in [6.07, 6.45) is 2.15. The fourth-order valence-electron chi connectivity index (χ4n) is 3.62. The minimum atomic E-state index is -1.17. The maximum atomic E-state index is 13.7. The van der Waals surface area contributed by atoms with E-state index in [9.17, 15) is 13.2 Å². The van der Waals surface area contributed by atoms with E-state index in [1.165, 1.54) is 0 Å². The number of anilines is 1. The number of fused-ring (bicyclic) bond motifs is 1. The molecule has 1 heterocycles. The Balaban J connectivity index is 1.82. The molecule has 1 saturated heterocycles. The molecule has 1 aliphatic carbocycles. The summed E-state index contributed by atoms with van der Waals surface area (Å²) in [6.45, 7) is 4.86. The highest BCUT2D eigenvalue weighted by Crippen LogP contribution is 2.52. The molecule has 1 aromatic rings. The van der Waals surface area contributed by atoms with Crippen molar-refractivity contribution >= 4 is 5.69 Å². The first-order valence-electron chi connectivity index (χ1n) is 6.94. The van der Waals surface area contributed by atoms with E-state index in [2.05, 4.69) is 19.2 Å². The van der Waals surface area contributed by atoms with Crippen LogP contribution in [0, 0.1) is 28.8 Å². The summed E-state index contributed by atoms with van der Waals surface area (Å²) in [5.41, 5.74) is -0.131. The van der Waals surface area contributed by atoms with Gasteiger partial charge in [-0.25, -0.2) is 13.2 Å². The first kappa shape index (κ1) is 13.7. The van der Waals surface area contributed by atoms with E-state index in [0.717, 1.165) is 25.5 Å². The zero-order valence-corrected chi connectivity index (χ0v) is 11.6. The number of rotatable bonds is 2. The van der Waals surface area contributed by atoms with Crippen molar-refractivity contribution in [3.8, 4) is 0 Å². The molecule has 1 aromatic carbocycles. The second-order valence-electron chi connectivity index (χ2n) is 6.29. The molecule has 0 aromatic heterocycles. The predicted molar refractivity (Wildman–Crippen MR) is 70.0 cm³/mol. The third-order valence-corrected chi connectivity index (χ3v) is 4.65. The van der Waals surface area contributed by atoms with Gasteiger partial charge in [0.1, 0.15) is 5.82 Å². The molecule has 20 heavy (non-hydrogen) atoms. The molecule has 110 valence electrons. The molecule has 3 unspecified atom stereocenters. The van der Waals surface area contributed by atoms with Gasteiger partial charge in [0.05, 0.1) is 11.8 Å². The Morgan fingerprint density at radius 2 is 1.85 bits per heavy atom. The molecule has 2 aliphatic rings. The van der Waals surface area contributed by atoms with E-state index in [-0.39, 0.29) is 23.2 Å². The van der Waals surface area contributed by atoms with Crippen LogP contribution in [-0.2, 0) is 4.74 Å². The van der Waals surface area contributed by atoms with Crippen molar-refractivity contribution in [2.24, 2.45) is 11.3 Å². The minimum Gasteiger partial charge on any atom is -0.379 e. The molecular weight excluding hydrogens is 267 g/mol. The van der Waals surface area contributed by atoms with Gasteiger partial charge >= 0.3 is 0 Å². The number of ether oxygens (including phenoxy) is 1. The molecule has 3 rings (SSSR count). The summed E-state index contributed by atoms with van der Waals surface area (Å²) in [7, 11) is 0. The van der Waals surface area contributed by atoms with Crippen molar-refractivity contribution in [3.05, 3.63) is 29.6 Å². The van der Waals surface area contributed by atoms with Gasteiger partial charge in [-0.15, -0.1) is 0 Å². The smallest absolute Gasteiger partial charge is 0.161 e. The normalized spacial score (nSPS) is 31.4. The fourth-order valence-corrected chi connectivity index (χ4v) is 3.62. The lowest BCUT2D eigenvalue weighted by molar-refractivity contribution is -0.177. The zero-order chi connectivity index (χ0) is 14.5. The molecule has 0 bridgehead atoms. The third kappa shape index (κ3) is 1.99. The Hall–Kier alpha value is -1.23. The van der Waals surface area contributed by atoms with Crippen molar-refractivity contribution in [2.45, 2.75) is 38.8 Å². The van der Waals surface area contributed by atoms with Gasteiger partial charge in [0.25, 0.3) is 0 Å². The summed E-state index contributed by atoms with van der Waals surface area (Å²) in [4.78, 5) is 0. The lowest BCUT2D eigenvalue weighted by Crippen LogP contribution is -2.67. The number of benzene rings is 1. The van der Waals surface area contributed by atoms with Gasteiger partial charge in [-0.05, 0) is 12.8 Å². The van der Waals surface area contributed by atoms with Crippen molar-refractivity contribution < 1.29 is 17.9 Å². The number of nitrogens with one attached hydrogen (secondary N) is 1. The number of halogens is 3. The number of hydrogen-bond acceptors (Lipinski definition) is 2. The van der Waals surface area contributed by atoms with Gasteiger partial charge in [-0.3, -0.25) is 0 Å². The van der Waals surface area contributed by atoms with E-state index >= 15 is 0 Å². The second-order valence-corrected chi connectivity index (χ2v) is 6.29. The molecular formula is C15H18F3NO. The molecule has 1 saturated carbocycles. The molecule has 1 N–H and O–H groups in total. The topological polar surface area (TPSA) is 21.3 Å². The van der Waals surface area contributed by atoms with Crippen LogP contribution in [0.25, 0.3) is 0 Å². The van der Waals surface area contributed by atoms with Crippen molar-refractivity contribution in [3.63, 3.8) is 0 Å². The summed E-state index contributed by atoms with van der Waals surface area (Å²) < 4.78 is 45.7. The molecule has 3 atom stereocenters. The molecule has 1 aliphatic heterocycles. The van der Waals surface area contributed by atoms with Gasteiger partial charge < -0.3 is 10.1 Å². The van der Waals surface area contributed by atoms with Gasteiger partial charge in [0.15, 0.2) is 11.6 Å². The lowest BCUT2D eigenvalue weighted by Gasteiger charge is -2.60. The van der Waals surface area contributed by atoms with Crippen LogP contribution in [0.1, 0.15) is 26.7 Å². The lowest BCUT2D eigenvalue weighted by atomic mass is 9.55. The largest absolute Gasteiger partial charge is 0.379 e. The van der Waals surface area contributed by atoms with E-state index in [0.29, 0.717) is 12.0 Å². The van der Waals surface area contributed by atoms with Crippen LogP contribution in [0.5, 0.6) is 0 Å². The minimum absolute atomic E-state index is 0.00663. The highest BCUT2D eigenvalue weighted by Gasteiger charge is 2.58. The quantitative estimate of drug-likeness (QED) is 0.836. The molecule has 2 nitrogen and oxygen atoms in total. The first-order valence-corrected chi connectivity index (χ1v) is 6.94. The SMILES string of the molecule is CC1(C)C(Nc2cc(F)c(F)cc2F)C2CCCOC21. The maximum absolute atomic E-state index is 13.7. The zero-order valence-electron chi connectivity index (χ0n) is 11.6. The van der Waals surface area contributed by atoms with Crippen LogP contribution < -0.4 is 5.32 Å². The molecule has 5 heteroatoms. The van der Waals surface area contributed by atoms with Gasteiger partial charge in [-0.1, -0.05) is 13.8 Å². The third-order valence-electron chi connectivity index (χ3n) is 4.65. The molecule has 0 spiro atoms. The Morgan fingerprint density at radius 3 is 2.60 bits per heavy atom. The van der Waals surface area contributed by atoms with Crippen molar-refractivity contribution in [2.75, 3.05) is 11.9 Å². The van der Waals surface area contributed by atoms with Crippen molar-refractivity contribution in [1.82, 2.24) is 0 Å². The Bertz CT molecular complexity index is 532. The highest BCUT2D eigenvalue weighted by molar-refractivity contribution is 5.48. The standard InChI is InChI=1S/C15H18F3NO/c1-15(2)13(8-4-3-5-20-14(8)15)19-12-7-10(17)9(16)6-11(12)18/h6-8,13-14,19H,3-5H2,1-2H3. The molecule has 0 amide bonds. The second kappa shape index (κ2) is 4.65. The van der Waals surface area contributed by atoms with E-state index < -0.39 is 17.5 Å². The van der Waals surface area contributed by atoms with Gasteiger partial charge in [0, 0.05) is 36.1 Å². The van der Waals surface area contributed by atoms with Gasteiger partial charge in [0.2, 0.25) is 0 Å². The van der Waals surface area contributed by atoms with E-state index in [1.54, 1.807) is 0 Å². The Labute approximate surface area is 116 Å². The van der Waals surface area contributed by atoms with Crippen LogP contribution in [0.4, 0.5) is 18.9 Å². The summed E-state index contributed by atoms with van der Waals surface area (Å²) in [6, 6.07) is 1.47. The predicted octanol–water partition coefficient (Wildman–Crippen LogP) is 3.72. The maximum Gasteiger partial charge on any atom is 0.161 e. The summed E-state index contributed by atoms with van der Waals surface area (Å²) in [5, 5.41) is 3.04. The molecule has 0 radical (unpaired) electrons. The van der Waals surface area contributed by atoms with E-state index in [1.807, 2.05) is 0 Å². The Morgan fingerprint density at radius 1 is 1.15 bits per heavy atom. The van der Waals surface area contributed by atoms with Crippen LogP contribution in [0.2, 0.25) is 0 Å². The summed E-state index contributed by atoms with van der Waals surface area (Å²) >= 11 is 0. The highest BCUT2D eigenvalue weighted by atomic mass is 19.2. The average molecular weight is 285 g/mol. The summed E-state index contributed by atoms with van der Waals surface area (Å²) in [5.74, 6) is -2.67.